The van der Waals surface area contributed by atoms with Crippen LogP contribution in [0.4, 0.5) is 0 Å². The maximum absolute atomic E-state index is 12.7. The Morgan fingerprint density at radius 1 is 0.317 bits per heavy atom. The third-order valence-electron chi connectivity index (χ3n) is 12.2. The molecule has 0 bridgehead atoms. The fourth-order valence-corrected chi connectivity index (χ4v) is 8.17. The molecule has 6 nitrogen and oxygen atoms in total. The van der Waals surface area contributed by atoms with Crippen LogP contribution in [-0.2, 0) is 28.6 Å². The average molecular weight is 849 g/mol. The lowest BCUT2D eigenvalue weighted by molar-refractivity contribution is -0.167. The Morgan fingerprint density at radius 3 is 0.817 bits per heavy atom. The summed E-state index contributed by atoms with van der Waals surface area (Å²) >= 11 is 0. The normalized spacial score (nSPS) is 12.1. The van der Waals surface area contributed by atoms with Crippen molar-refractivity contribution >= 4 is 17.9 Å². The van der Waals surface area contributed by atoms with Gasteiger partial charge in [0.25, 0.3) is 0 Å². The number of ether oxygens (including phenoxy) is 3. The van der Waals surface area contributed by atoms with Crippen molar-refractivity contribution in [3.63, 3.8) is 0 Å². The van der Waals surface area contributed by atoms with Crippen LogP contribution < -0.4 is 0 Å². The number of rotatable bonds is 48. The fraction of sp³-hybridized carbons (Fsp3) is 0.944. The van der Waals surface area contributed by atoms with Crippen molar-refractivity contribution in [3.8, 4) is 0 Å². The highest BCUT2D eigenvalue weighted by Gasteiger charge is 2.19. The van der Waals surface area contributed by atoms with Gasteiger partial charge < -0.3 is 14.2 Å². The highest BCUT2D eigenvalue weighted by Crippen LogP contribution is 2.18. The van der Waals surface area contributed by atoms with Crippen molar-refractivity contribution in [2.24, 2.45) is 11.8 Å². The Kier molecular flexibility index (Phi) is 45.7. The Morgan fingerprint density at radius 2 is 0.550 bits per heavy atom. The minimum atomic E-state index is -0.761. The summed E-state index contributed by atoms with van der Waals surface area (Å²) in [5.74, 6) is 0.829. The van der Waals surface area contributed by atoms with Crippen LogP contribution in [0.15, 0.2) is 0 Å². The van der Waals surface area contributed by atoms with Crippen molar-refractivity contribution in [2.75, 3.05) is 13.2 Å². The topological polar surface area (TPSA) is 78.9 Å². The molecule has 0 saturated heterocycles. The van der Waals surface area contributed by atoms with E-state index in [4.69, 9.17) is 14.2 Å². The van der Waals surface area contributed by atoms with Gasteiger partial charge in [-0.3, -0.25) is 14.4 Å². The molecule has 356 valence electrons. The molecule has 0 fully saturated rings. The third kappa shape index (κ3) is 47.5. The number of carbonyl (C=O) groups is 3. The molecule has 0 unspecified atom stereocenters. The molecule has 0 aromatic carbocycles. The van der Waals surface area contributed by atoms with Crippen molar-refractivity contribution in [2.45, 2.75) is 304 Å². The van der Waals surface area contributed by atoms with Crippen molar-refractivity contribution in [1.82, 2.24) is 0 Å². The Bertz CT molecular complexity index is 916. The van der Waals surface area contributed by atoms with Crippen molar-refractivity contribution < 1.29 is 28.6 Å². The molecule has 0 aromatic heterocycles. The van der Waals surface area contributed by atoms with Crippen LogP contribution in [-0.4, -0.2) is 37.2 Å². The summed E-state index contributed by atoms with van der Waals surface area (Å²) in [4.78, 5) is 37.9. The molecular weight excluding hydrogens is 745 g/mol. The van der Waals surface area contributed by atoms with Crippen LogP contribution in [0.5, 0.6) is 0 Å². The first-order valence-corrected chi connectivity index (χ1v) is 26.7. The van der Waals surface area contributed by atoms with E-state index in [0.717, 1.165) is 69.6 Å². The predicted molar refractivity (Wildman–Crippen MR) is 256 cm³/mol. The monoisotopic (exact) mass is 849 g/mol. The van der Waals surface area contributed by atoms with Crippen molar-refractivity contribution in [1.29, 1.82) is 0 Å². The Balaban J connectivity index is 4.24. The van der Waals surface area contributed by atoms with Crippen LogP contribution in [0.25, 0.3) is 0 Å². The zero-order chi connectivity index (χ0) is 44.0. The first kappa shape index (κ1) is 58.4. The summed E-state index contributed by atoms with van der Waals surface area (Å²) in [6.45, 7) is 11.4. The lowest BCUT2D eigenvalue weighted by Crippen LogP contribution is -2.30. The summed E-state index contributed by atoms with van der Waals surface area (Å²) in [6, 6.07) is 0. The average Bonchev–Trinajstić information content (AvgIpc) is 3.22. The van der Waals surface area contributed by atoms with Gasteiger partial charge in [-0.15, -0.1) is 0 Å². The first-order valence-electron chi connectivity index (χ1n) is 26.7. The summed E-state index contributed by atoms with van der Waals surface area (Å²) in [5.41, 5.74) is 0. The van der Waals surface area contributed by atoms with Crippen LogP contribution in [0.2, 0.25) is 0 Å². The Labute approximate surface area is 374 Å². The van der Waals surface area contributed by atoms with E-state index >= 15 is 0 Å². The molecule has 0 aromatic rings. The van der Waals surface area contributed by atoms with Gasteiger partial charge in [-0.1, -0.05) is 259 Å². The Hall–Kier alpha value is -1.59. The SMILES string of the molecule is CCCCCCCCCCCCC(=O)O[C@H](COC(=O)CCCCCCCCCCCCCCCCCC(C)C)COC(=O)CCCCCCCCCCCCCC(C)C. The summed E-state index contributed by atoms with van der Waals surface area (Å²) in [5, 5.41) is 0. The molecule has 0 aliphatic heterocycles. The minimum absolute atomic E-state index is 0.0634. The van der Waals surface area contributed by atoms with Gasteiger partial charge in [-0.2, -0.15) is 0 Å². The van der Waals surface area contributed by atoms with E-state index < -0.39 is 6.10 Å². The van der Waals surface area contributed by atoms with Gasteiger partial charge in [0, 0.05) is 19.3 Å². The van der Waals surface area contributed by atoms with Gasteiger partial charge in [0.05, 0.1) is 0 Å². The number of unbranched alkanes of at least 4 members (excludes halogenated alkanes) is 33. The van der Waals surface area contributed by atoms with E-state index in [0.29, 0.717) is 19.3 Å². The van der Waals surface area contributed by atoms with Gasteiger partial charge in [-0.25, -0.2) is 0 Å². The van der Waals surface area contributed by atoms with E-state index in [2.05, 4.69) is 34.6 Å². The zero-order valence-electron chi connectivity index (χ0n) is 41.1. The molecule has 6 heteroatoms. The fourth-order valence-electron chi connectivity index (χ4n) is 8.17. The lowest BCUT2D eigenvalue weighted by atomic mass is 10.0. The molecule has 60 heavy (non-hydrogen) atoms. The number of hydrogen-bond donors (Lipinski definition) is 0. The molecule has 0 saturated carbocycles. The van der Waals surface area contributed by atoms with Crippen LogP contribution in [0, 0.1) is 11.8 Å². The molecule has 0 N–H and O–H groups in total. The third-order valence-corrected chi connectivity index (χ3v) is 12.2. The van der Waals surface area contributed by atoms with E-state index in [9.17, 15) is 14.4 Å². The minimum Gasteiger partial charge on any atom is -0.462 e. The van der Waals surface area contributed by atoms with Crippen molar-refractivity contribution in [3.05, 3.63) is 0 Å². The van der Waals surface area contributed by atoms with E-state index in [-0.39, 0.29) is 31.1 Å². The first-order chi connectivity index (χ1) is 29.2. The second kappa shape index (κ2) is 46.9. The molecule has 0 rings (SSSR count). The van der Waals surface area contributed by atoms with Crippen LogP contribution in [0.1, 0.15) is 298 Å². The standard InChI is InChI=1S/C54H104O6/c1-6-7-8-9-10-11-24-31-36-41-46-54(57)60-51(48-59-53(56)45-40-35-30-26-21-17-19-23-28-33-38-43-50(4)5)47-58-52(55)44-39-34-29-25-20-16-14-12-13-15-18-22-27-32-37-42-49(2)3/h49-51H,6-48H2,1-5H3/t51-/m1/s1. The highest BCUT2D eigenvalue weighted by molar-refractivity contribution is 5.71. The highest BCUT2D eigenvalue weighted by atomic mass is 16.6. The molecule has 0 aliphatic rings. The van der Waals surface area contributed by atoms with Crippen LogP contribution >= 0.6 is 0 Å². The molecule has 0 spiro atoms. The maximum atomic E-state index is 12.7. The molecule has 0 amide bonds. The second-order valence-electron chi connectivity index (χ2n) is 19.5. The second-order valence-corrected chi connectivity index (χ2v) is 19.5. The smallest absolute Gasteiger partial charge is 0.306 e. The summed E-state index contributed by atoms with van der Waals surface area (Å²) in [7, 11) is 0. The number of carbonyl (C=O) groups excluding carboxylic acids is 3. The van der Waals surface area contributed by atoms with Gasteiger partial charge in [0.1, 0.15) is 13.2 Å². The maximum Gasteiger partial charge on any atom is 0.306 e. The van der Waals surface area contributed by atoms with Gasteiger partial charge in [-0.05, 0) is 31.1 Å². The molecule has 1 atom stereocenters. The van der Waals surface area contributed by atoms with Crippen LogP contribution in [0.3, 0.4) is 0 Å². The quantitative estimate of drug-likeness (QED) is 0.0345. The van der Waals surface area contributed by atoms with Gasteiger partial charge in [0.2, 0.25) is 0 Å². The van der Waals surface area contributed by atoms with E-state index in [1.54, 1.807) is 0 Å². The van der Waals surface area contributed by atoms with E-state index in [1.165, 1.54) is 186 Å². The van der Waals surface area contributed by atoms with E-state index in [1.807, 2.05) is 0 Å². The lowest BCUT2D eigenvalue weighted by Gasteiger charge is -2.18. The van der Waals surface area contributed by atoms with Gasteiger partial charge in [0.15, 0.2) is 6.10 Å². The zero-order valence-corrected chi connectivity index (χ0v) is 41.1. The predicted octanol–water partition coefficient (Wildman–Crippen LogP) is 17.3. The van der Waals surface area contributed by atoms with Gasteiger partial charge >= 0.3 is 17.9 Å². The summed E-state index contributed by atoms with van der Waals surface area (Å²) < 4.78 is 16.8. The molecule has 0 heterocycles. The largest absolute Gasteiger partial charge is 0.462 e. The number of hydrogen-bond acceptors (Lipinski definition) is 6. The molecule has 0 radical (unpaired) electrons. The summed E-state index contributed by atoms with van der Waals surface area (Å²) in [6.07, 6.45) is 48.0. The molecule has 0 aliphatic carbocycles. The number of esters is 3. The molecular formula is C54H104O6.